The zero-order valence-electron chi connectivity index (χ0n) is 15.7. The lowest BCUT2D eigenvalue weighted by Gasteiger charge is -2.34. The predicted octanol–water partition coefficient (Wildman–Crippen LogP) is 4.31. The second-order valence-corrected chi connectivity index (χ2v) is 6.82. The van der Waals surface area contributed by atoms with Crippen LogP contribution < -0.4 is 0 Å². The van der Waals surface area contributed by atoms with Crippen LogP contribution in [0.4, 0.5) is 4.39 Å². The first-order valence-corrected chi connectivity index (χ1v) is 8.95. The van der Waals surface area contributed by atoms with E-state index in [0.717, 1.165) is 16.7 Å². The van der Waals surface area contributed by atoms with Crippen molar-refractivity contribution in [3.05, 3.63) is 77.2 Å². The molecule has 0 saturated carbocycles. The maximum Gasteiger partial charge on any atom is 0.225 e. The van der Waals surface area contributed by atoms with Gasteiger partial charge in [-0.15, -0.1) is 0 Å². The van der Waals surface area contributed by atoms with Crippen molar-refractivity contribution < 1.29 is 14.0 Å². The smallest absolute Gasteiger partial charge is 0.225 e. The molecule has 3 rings (SSSR count). The van der Waals surface area contributed by atoms with Crippen LogP contribution in [-0.4, -0.2) is 28.7 Å². The Balaban J connectivity index is 1.81. The van der Waals surface area contributed by atoms with Gasteiger partial charge in [-0.2, -0.15) is 0 Å². The number of nitrogens with zero attached hydrogens (tertiary/aromatic N) is 2. The summed E-state index contributed by atoms with van der Waals surface area (Å²) in [6.07, 6.45) is 3.82. The number of benzene rings is 2. The molecule has 27 heavy (non-hydrogen) atoms. The van der Waals surface area contributed by atoms with Gasteiger partial charge < -0.3 is 9.80 Å². The van der Waals surface area contributed by atoms with Crippen LogP contribution in [0.15, 0.2) is 54.7 Å². The molecule has 2 amide bonds. The average molecular weight is 366 g/mol. The normalized spacial score (nSPS) is 16.6. The van der Waals surface area contributed by atoms with Crippen LogP contribution in [-0.2, 0) is 9.59 Å². The summed E-state index contributed by atoms with van der Waals surface area (Å²) in [5.41, 5.74) is 2.84. The van der Waals surface area contributed by atoms with E-state index in [1.54, 1.807) is 35.2 Å². The molecule has 1 heterocycles. The summed E-state index contributed by atoms with van der Waals surface area (Å²) in [4.78, 5) is 28.3. The molecule has 0 fully saturated rings. The second kappa shape index (κ2) is 7.74. The van der Waals surface area contributed by atoms with Gasteiger partial charge in [0.25, 0.3) is 0 Å². The van der Waals surface area contributed by atoms with Crippen molar-refractivity contribution in [2.75, 3.05) is 7.05 Å². The average Bonchev–Trinajstić information content (AvgIpc) is 2.67. The summed E-state index contributed by atoms with van der Waals surface area (Å²) in [5.74, 6) is -0.483. The first-order chi connectivity index (χ1) is 12.9. The van der Waals surface area contributed by atoms with Crippen molar-refractivity contribution in [2.24, 2.45) is 0 Å². The maximum atomic E-state index is 13.2. The Morgan fingerprint density at radius 2 is 1.81 bits per heavy atom. The minimum atomic E-state index is -0.334. The molecular formula is C22H23FN2O2. The standard InChI is InChI=1S/C22H23FN2O2/c1-15(17-8-10-19(23)11-9-17)24(3)22(27)14-21-20-7-5-4-6-18(20)12-13-25(21)16(2)26/h4-13,15,21H,14H2,1-3H3. The molecule has 140 valence electrons. The minimum absolute atomic E-state index is 0.0758. The van der Waals surface area contributed by atoms with Gasteiger partial charge in [-0.05, 0) is 41.8 Å². The highest BCUT2D eigenvalue weighted by molar-refractivity contribution is 5.82. The van der Waals surface area contributed by atoms with E-state index in [1.165, 1.54) is 19.1 Å². The number of hydrogen-bond donors (Lipinski definition) is 0. The van der Waals surface area contributed by atoms with Gasteiger partial charge in [0.1, 0.15) is 5.82 Å². The molecule has 2 aromatic carbocycles. The van der Waals surface area contributed by atoms with E-state index in [-0.39, 0.29) is 36.1 Å². The topological polar surface area (TPSA) is 40.6 Å². The summed E-state index contributed by atoms with van der Waals surface area (Å²) < 4.78 is 13.2. The number of fused-ring (bicyclic) bond motifs is 1. The molecule has 2 aromatic rings. The van der Waals surface area contributed by atoms with Gasteiger partial charge in [-0.3, -0.25) is 9.59 Å². The molecule has 0 radical (unpaired) electrons. The summed E-state index contributed by atoms with van der Waals surface area (Å²) in [7, 11) is 1.74. The highest BCUT2D eigenvalue weighted by Gasteiger charge is 2.30. The maximum absolute atomic E-state index is 13.2. The zero-order chi connectivity index (χ0) is 19.6. The molecular weight excluding hydrogens is 343 g/mol. The van der Waals surface area contributed by atoms with Crippen LogP contribution in [0, 0.1) is 5.82 Å². The van der Waals surface area contributed by atoms with Crippen molar-refractivity contribution in [3.8, 4) is 0 Å². The molecule has 2 atom stereocenters. The third-order valence-electron chi connectivity index (χ3n) is 5.16. The quantitative estimate of drug-likeness (QED) is 0.809. The molecule has 1 aliphatic rings. The number of carbonyl (C=O) groups is 2. The Morgan fingerprint density at radius 3 is 2.48 bits per heavy atom. The second-order valence-electron chi connectivity index (χ2n) is 6.82. The van der Waals surface area contributed by atoms with E-state index in [4.69, 9.17) is 0 Å². The largest absolute Gasteiger partial charge is 0.339 e. The van der Waals surface area contributed by atoms with Gasteiger partial charge in [0.2, 0.25) is 11.8 Å². The van der Waals surface area contributed by atoms with Crippen LogP contribution in [0.3, 0.4) is 0 Å². The molecule has 5 heteroatoms. The van der Waals surface area contributed by atoms with Crippen molar-refractivity contribution in [3.63, 3.8) is 0 Å². The molecule has 0 N–H and O–H groups in total. The highest BCUT2D eigenvalue weighted by Crippen LogP contribution is 2.34. The SMILES string of the molecule is CC(=O)N1C=Cc2ccccc2C1CC(=O)N(C)C(C)c1ccc(F)cc1. The third-order valence-corrected chi connectivity index (χ3v) is 5.16. The molecule has 0 bridgehead atoms. The van der Waals surface area contributed by atoms with Gasteiger partial charge >= 0.3 is 0 Å². The highest BCUT2D eigenvalue weighted by atomic mass is 19.1. The molecule has 0 saturated heterocycles. The molecule has 0 spiro atoms. The molecule has 4 nitrogen and oxygen atoms in total. The lowest BCUT2D eigenvalue weighted by atomic mass is 9.93. The van der Waals surface area contributed by atoms with Crippen molar-refractivity contribution >= 4 is 17.9 Å². The molecule has 0 aromatic heterocycles. The van der Waals surface area contributed by atoms with Gasteiger partial charge in [-0.1, -0.05) is 36.4 Å². The van der Waals surface area contributed by atoms with Crippen LogP contribution in [0.1, 0.15) is 49.0 Å². The van der Waals surface area contributed by atoms with Crippen LogP contribution >= 0.6 is 0 Å². The molecule has 0 aliphatic carbocycles. The summed E-state index contributed by atoms with van der Waals surface area (Å²) in [5, 5.41) is 0. The van der Waals surface area contributed by atoms with Gasteiger partial charge in [0.05, 0.1) is 18.5 Å². The van der Waals surface area contributed by atoms with E-state index in [2.05, 4.69) is 0 Å². The van der Waals surface area contributed by atoms with Crippen molar-refractivity contribution in [2.45, 2.75) is 32.4 Å². The Bertz CT molecular complexity index is 876. The lowest BCUT2D eigenvalue weighted by Crippen LogP contribution is -2.36. The Hall–Kier alpha value is -2.95. The lowest BCUT2D eigenvalue weighted by molar-refractivity contribution is -0.135. The Labute approximate surface area is 158 Å². The monoisotopic (exact) mass is 366 g/mol. The molecule has 1 aliphatic heterocycles. The summed E-state index contributed by atoms with van der Waals surface area (Å²) in [6.45, 7) is 3.41. The third kappa shape index (κ3) is 3.92. The fourth-order valence-electron chi connectivity index (χ4n) is 3.40. The fraction of sp³-hybridized carbons (Fsp3) is 0.273. The van der Waals surface area contributed by atoms with Crippen LogP contribution in [0.2, 0.25) is 0 Å². The number of carbonyl (C=O) groups excluding carboxylic acids is 2. The van der Waals surface area contributed by atoms with Crippen molar-refractivity contribution in [1.82, 2.24) is 9.80 Å². The van der Waals surface area contributed by atoms with E-state index in [0.29, 0.717) is 0 Å². The number of amides is 2. The zero-order valence-corrected chi connectivity index (χ0v) is 15.7. The van der Waals surface area contributed by atoms with Gasteiger partial charge in [-0.25, -0.2) is 4.39 Å². The minimum Gasteiger partial charge on any atom is -0.339 e. The van der Waals surface area contributed by atoms with Crippen molar-refractivity contribution in [1.29, 1.82) is 0 Å². The van der Waals surface area contributed by atoms with E-state index in [1.807, 2.05) is 37.3 Å². The van der Waals surface area contributed by atoms with E-state index < -0.39 is 0 Å². The first-order valence-electron chi connectivity index (χ1n) is 8.95. The van der Waals surface area contributed by atoms with Gasteiger partial charge in [0.15, 0.2) is 0 Å². The summed E-state index contributed by atoms with van der Waals surface area (Å²) in [6, 6.07) is 13.4. The van der Waals surface area contributed by atoms with E-state index >= 15 is 0 Å². The first kappa shape index (κ1) is 18.8. The van der Waals surface area contributed by atoms with E-state index in [9.17, 15) is 14.0 Å². The van der Waals surface area contributed by atoms with Crippen LogP contribution in [0.25, 0.3) is 6.08 Å². The van der Waals surface area contributed by atoms with Gasteiger partial charge in [0, 0.05) is 20.2 Å². The number of halogens is 1. The predicted molar refractivity (Wildman–Crippen MR) is 103 cm³/mol. The molecule has 2 unspecified atom stereocenters. The summed E-state index contributed by atoms with van der Waals surface area (Å²) >= 11 is 0. The number of hydrogen-bond acceptors (Lipinski definition) is 2. The van der Waals surface area contributed by atoms with Crippen LogP contribution in [0.5, 0.6) is 0 Å². The Morgan fingerprint density at radius 1 is 1.15 bits per heavy atom. The Kier molecular flexibility index (Phi) is 5.40. The fourth-order valence-corrected chi connectivity index (χ4v) is 3.40. The number of rotatable bonds is 4.